The highest BCUT2D eigenvalue weighted by atomic mass is 16.2. The minimum atomic E-state index is 0.137. The maximum Gasteiger partial charge on any atom is 0.239 e. The van der Waals surface area contributed by atoms with Crippen LogP contribution < -0.4 is 5.73 Å². The fraction of sp³-hybridized carbons (Fsp3) is 0.909. The standard InChI is InChI=1S/C11H21N3O/c1-13-5-3-2-4-10(13)11(15)14-7-9(6-12)8-14/h9-10H,2-8,12H2,1H3. The van der Waals surface area contributed by atoms with Crippen molar-refractivity contribution in [2.24, 2.45) is 11.7 Å². The second-order valence-electron chi connectivity index (χ2n) is 4.84. The van der Waals surface area contributed by atoms with Crippen molar-refractivity contribution in [3.63, 3.8) is 0 Å². The Morgan fingerprint density at radius 1 is 1.40 bits per heavy atom. The first-order valence-corrected chi connectivity index (χ1v) is 5.91. The molecule has 2 N–H and O–H groups in total. The number of piperidine rings is 1. The number of rotatable bonds is 2. The first kappa shape index (κ1) is 10.9. The Bertz CT molecular complexity index is 238. The van der Waals surface area contributed by atoms with Crippen LogP contribution >= 0.6 is 0 Å². The van der Waals surface area contributed by atoms with E-state index in [9.17, 15) is 4.79 Å². The highest BCUT2D eigenvalue weighted by molar-refractivity contribution is 5.82. The molecular weight excluding hydrogens is 190 g/mol. The van der Waals surface area contributed by atoms with Gasteiger partial charge in [0.25, 0.3) is 0 Å². The topological polar surface area (TPSA) is 49.6 Å². The van der Waals surface area contributed by atoms with Crippen LogP contribution in [0, 0.1) is 5.92 Å². The fourth-order valence-electron chi connectivity index (χ4n) is 2.50. The Morgan fingerprint density at radius 3 is 2.73 bits per heavy atom. The molecule has 0 radical (unpaired) electrons. The van der Waals surface area contributed by atoms with Crippen LogP contribution in [-0.2, 0) is 4.79 Å². The number of likely N-dealkylation sites (N-methyl/N-ethyl adjacent to an activating group) is 1. The van der Waals surface area contributed by atoms with Gasteiger partial charge in [-0.1, -0.05) is 6.42 Å². The molecule has 86 valence electrons. The summed E-state index contributed by atoms with van der Waals surface area (Å²) in [5.74, 6) is 0.866. The number of hydrogen-bond acceptors (Lipinski definition) is 3. The zero-order valence-electron chi connectivity index (χ0n) is 9.48. The lowest BCUT2D eigenvalue weighted by atomic mass is 9.96. The average Bonchev–Trinajstić information content (AvgIpc) is 2.16. The summed E-state index contributed by atoms with van der Waals surface area (Å²) >= 11 is 0. The predicted octanol–water partition coefficient (Wildman–Crippen LogP) is -0.112. The van der Waals surface area contributed by atoms with Gasteiger partial charge >= 0.3 is 0 Å². The zero-order chi connectivity index (χ0) is 10.8. The molecule has 0 bridgehead atoms. The zero-order valence-corrected chi connectivity index (χ0v) is 9.48. The molecule has 2 saturated heterocycles. The van der Waals surface area contributed by atoms with Gasteiger partial charge in [-0.15, -0.1) is 0 Å². The summed E-state index contributed by atoms with van der Waals surface area (Å²) in [5, 5.41) is 0. The van der Waals surface area contributed by atoms with Crippen LogP contribution in [0.15, 0.2) is 0 Å². The van der Waals surface area contributed by atoms with Crippen LogP contribution in [0.2, 0.25) is 0 Å². The maximum atomic E-state index is 12.1. The third-order valence-electron chi connectivity index (χ3n) is 3.66. The summed E-state index contributed by atoms with van der Waals surface area (Å²) in [6, 6.07) is 0.137. The molecule has 1 atom stereocenters. The summed E-state index contributed by atoms with van der Waals surface area (Å²) < 4.78 is 0. The van der Waals surface area contributed by atoms with E-state index in [2.05, 4.69) is 11.9 Å². The molecule has 0 aromatic rings. The lowest BCUT2D eigenvalue weighted by molar-refractivity contribution is -0.143. The van der Waals surface area contributed by atoms with Gasteiger partial charge in [0.2, 0.25) is 5.91 Å². The molecule has 0 saturated carbocycles. The summed E-state index contributed by atoms with van der Waals surface area (Å²) in [6.45, 7) is 3.52. The first-order chi connectivity index (χ1) is 7.22. The lowest BCUT2D eigenvalue weighted by Crippen LogP contribution is -2.58. The minimum absolute atomic E-state index is 0.137. The number of carbonyl (C=O) groups excluding carboxylic acids is 1. The van der Waals surface area contributed by atoms with E-state index in [1.165, 1.54) is 12.8 Å². The largest absolute Gasteiger partial charge is 0.341 e. The molecule has 4 nitrogen and oxygen atoms in total. The van der Waals surface area contributed by atoms with Crippen molar-refractivity contribution in [1.82, 2.24) is 9.80 Å². The number of hydrogen-bond donors (Lipinski definition) is 1. The fourth-order valence-corrected chi connectivity index (χ4v) is 2.50. The van der Waals surface area contributed by atoms with Crippen LogP contribution in [0.3, 0.4) is 0 Å². The molecule has 0 spiro atoms. The van der Waals surface area contributed by atoms with Crippen LogP contribution in [-0.4, -0.2) is 55.0 Å². The first-order valence-electron chi connectivity index (χ1n) is 5.91. The van der Waals surface area contributed by atoms with E-state index in [1.807, 2.05) is 4.90 Å². The van der Waals surface area contributed by atoms with Gasteiger partial charge in [0.1, 0.15) is 0 Å². The molecule has 2 aliphatic rings. The Morgan fingerprint density at radius 2 is 2.13 bits per heavy atom. The average molecular weight is 211 g/mol. The van der Waals surface area contributed by atoms with E-state index in [4.69, 9.17) is 5.73 Å². The Hall–Kier alpha value is -0.610. The molecule has 4 heteroatoms. The second-order valence-corrected chi connectivity index (χ2v) is 4.84. The van der Waals surface area contributed by atoms with Crippen LogP contribution in [0.5, 0.6) is 0 Å². The molecule has 2 aliphatic heterocycles. The summed E-state index contributed by atoms with van der Waals surface area (Å²) in [6.07, 6.45) is 3.44. The lowest BCUT2D eigenvalue weighted by Gasteiger charge is -2.43. The monoisotopic (exact) mass is 211 g/mol. The molecule has 0 aliphatic carbocycles. The Balaban J connectivity index is 1.85. The SMILES string of the molecule is CN1CCCCC1C(=O)N1CC(CN)C1. The van der Waals surface area contributed by atoms with Crippen molar-refractivity contribution in [1.29, 1.82) is 0 Å². The number of nitrogens with two attached hydrogens (primary N) is 1. The van der Waals surface area contributed by atoms with Gasteiger partial charge < -0.3 is 10.6 Å². The summed E-state index contributed by atoms with van der Waals surface area (Å²) in [4.78, 5) is 16.3. The molecule has 1 amide bonds. The predicted molar refractivity (Wildman–Crippen MR) is 59.4 cm³/mol. The molecule has 0 aromatic heterocycles. The van der Waals surface area contributed by atoms with Crippen molar-refractivity contribution in [3.05, 3.63) is 0 Å². The van der Waals surface area contributed by atoms with Crippen molar-refractivity contribution in [2.75, 3.05) is 33.2 Å². The Kier molecular flexibility index (Phi) is 3.26. The van der Waals surface area contributed by atoms with E-state index >= 15 is 0 Å². The quantitative estimate of drug-likeness (QED) is 0.693. The molecule has 1 unspecified atom stereocenters. The highest BCUT2D eigenvalue weighted by Gasteiger charge is 2.35. The van der Waals surface area contributed by atoms with Gasteiger partial charge in [0, 0.05) is 19.0 Å². The second kappa shape index (κ2) is 4.49. The number of likely N-dealkylation sites (tertiary alicyclic amines) is 2. The van der Waals surface area contributed by atoms with E-state index in [-0.39, 0.29) is 6.04 Å². The van der Waals surface area contributed by atoms with Crippen molar-refractivity contribution >= 4 is 5.91 Å². The third kappa shape index (κ3) is 2.16. The molecule has 15 heavy (non-hydrogen) atoms. The van der Waals surface area contributed by atoms with Crippen LogP contribution in [0.4, 0.5) is 0 Å². The van der Waals surface area contributed by atoms with Gasteiger partial charge in [-0.3, -0.25) is 9.69 Å². The molecule has 2 rings (SSSR count). The molecular formula is C11H21N3O. The van der Waals surface area contributed by atoms with Gasteiger partial charge in [-0.25, -0.2) is 0 Å². The third-order valence-corrected chi connectivity index (χ3v) is 3.66. The van der Waals surface area contributed by atoms with E-state index in [0.29, 0.717) is 18.4 Å². The van der Waals surface area contributed by atoms with Gasteiger partial charge in [-0.2, -0.15) is 0 Å². The molecule has 0 aromatic carbocycles. The summed E-state index contributed by atoms with van der Waals surface area (Å²) in [5.41, 5.74) is 5.55. The van der Waals surface area contributed by atoms with Gasteiger partial charge in [-0.05, 0) is 33.0 Å². The van der Waals surface area contributed by atoms with E-state index in [1.54, 1.807) is 0 Å². The van der Waals surface area contributed by atoms with Gasteiger partial charge in [0.05, 0.1) is 6.04 Å². The maximum absolute atomic E-state index is 12.1. The van der Waals surface area contributed by atoms with Crippen molar-refractivity contribution < 1.29 is 4.79 Å². The number of nitrogens with zero attached hydrogens (tertiary/aromatic N) is 2. The molecule has 2 heterocycles. The van der Waals surface area contributed by atoms with Crippen LogP contribution in [0.1, 0.15) is 19.3 Å². The van der Waals surface area contributed by atoms with Crippen molar-refractivity contribution in [2.45, 2.75) is 25.3 Å². The van der Waals surface area contributed by atoms with E-state index < -0.39 is 0 Å². The minimum Gasteiger partial charge on any atom is -0.341 e. The highest BCUT2D eigenvalue weighted by Crippen LogP contribution is 2.21. The van der Waals surface area contributed by atoms with Gasteiger partial charge in [0.15, 0.2) is 0 Å². The van der Waals surface area contributed by atoms with Crippen molar-refractivity contribution in [3.8, 4) is 0 Å². The Labute approximate surface area is 91.4 Å². The summed E-state index contributed by atoms with van der Waals surface area (Å²) in [7, 11) is 2.06. The smallest absolute Gasteiger partial charge is 0.239 e. The molecule has 2 fully saturated rings. The van der Waals surface area contributed by atoms with E-state index in [0.717, 1.165) is 26.1 Å². The number of amides is 1. The van der Waals surface area contributed by atoms with Crippen LogP contribution in [0.25, 0.3) is 0 Å². The number of carbonyl (C=O) groups is 1. The normalized spacial score (nSPS) is 28.9.